The van der Waals surface area contributed by atoms with Crippen molar-refractivity contribution in [2.24, 2.45) is 5.84 Å². The number of amides is 1. The molecule has 0 aliphatic carbocycles. The van der Waals surface area contributed by atoms with Crippen molar-refractivity contribution < 1.29 is 4.79 Å². The summed E-state index contributed by atoms with van der Waals surface area (Å²) in [6.45, 7) is 7.59. The maximum absolute atomic E-state index is 10.9. The Balaban J connectivity index is 3.77. The fourth-order valence-corrected chi connectivity index (χ4v) is 2.01. The van der Waals surface area contributed by atoms with E-state index in [1.54, 1.807) is 0 Å². The van der Waals surface area contributed by atoms with Gasteiger partial charge in [-0.3, -0.25) is 15.1 Å². The van der Waals surface area contributed by atoms with Crippen LogP contribution in [0.2, 0.25) is 0 Å². The normalized spacial score (nSPS) is 13.1. The summed E-state index contributed by atoms with van der Waals surface area (Å²) in [7, 11) is 4.19. The van der Waals surface area contributed by atoms with Crippen LogP contribution in [0, 0.1) is 0 Å². The van der Waals surface area contributed by atoms with Gasteiger partial charge in [-0.15, -0.1) is 0 Å². The Labute approximate surface area is 105 Å². The van der Waals surface area contributed by atoms with E-state index in [0.29, 0.717) is 12.5 Å². The third-order valence-electron chi connectivity index (χ3n) is 2.92. The molecule has 1 atom stereocenters. The van der Waals surface area contributed by atoms with Crippen molar-refractivity contribution in [3.8, 4) is 0 Å². The lowest BCUT2D eigenvalue weighted by atomic mass is 10.2. The van der Waals surface area contributed by atoms with Crippen molar-refractivity contribution >= 4 is 5.91 Å². The summed E-state index contributed by atoms with van der Waals surface area (Å²) >= 11 is 0. The smallest absolute Gasteiger partial charge is 0.233 e. The Kier molecular flexibility index (Phi) is 9.03. The fourth-order valence-electron chi connectivity index (χ4n) is 2.01. The van der Waals surface area contributed by atoms with E-state index in [4.69, 9.17) is 5.84 Å². The van der Waals surface area contributed by atoms with E-state index in [0.717, 1.165) is 32.5 Å². The van der Waals surface area contributed by atoms with Crippen molar-refractivity contribution in [1.29, 1.82) is 0 Å². The zero-order valence-electron chi connectivity index (χ0n) is 11.7. The molecule has 0 saturated heterocycles. The molecule has 17 heavy (non-hydrogen) atoms. The molecule has 0 bridgehead atoms. The van der Waals surface area contributed by atoms with Gasteiger partial charge in [-0.2, -0.15) is 0 Å². The van der Waals surface area contributed by atoms with Gasteiger partial charge in [0.25, 0.3) is 0 Å². The standard InChI is InChI=1S/C12H28N4O/c1-5-16(11(2)10-15(3)4)9-7-6-8-12(17)14-13/h11H,5-10,13H2,1-4H3,(H,14,17). The van der Waals surface area contributed by atoms with Crippen LogP contribution in [0.25, 0.3) is 0 Å². The van der Waals surface area contributed by atoms with Crippen LogP contribution in [0.15, 0.2) is 0 Å². The van der Waals surface area contributed by atoms with Gasteiger partial charge in [-0.1, -0.05) is 6.92 Å². The lowest BCUT2D eigenvalue weighted by molar-refractivity contribution is -0.121. The molecular formula is C12H28N4O. The first kappa shape index (κ1) is 16.4. The number of hydrogen-bond donors (Lipinski definition) is 2. The van der Waals surface area contributed by atoms with Crippen LogP contribution in [0.5, 0.6) is 0 Å². The summed E-state index contributed by atoms with van der Waals surface area (Å²) in [4.78, 5) is 15.6. The second kappa shape index (κ2) is 9.39. The molecule has 1 unspecified atom stereocenters. The second-order valence-electron chi connectivity index (χ2n) is 4.76. The van der Waals surface area contributed by atoms with Gasteiger partial charge in [-0.05, 0) is 47.0 Å². The van der Waals surface area contributed by atoms with Crippen LogP contribution in [0.3, 0.4) is 0 Å². The molecule has 5 nitrogen and oxygen atoms in total. The monoisotopic (exact) mass is 244 g/mol. The third-order valence-corrected chi connectivity index (χ3v) is 2.92. The van der Waals surface area contributed by atoms with Gasteiger partial charge in [-0.25, -0.2) is 5.84 Å². The first-order valence-corrected chi connectivity index (χ1v) is 6.39. The quantitative estimate of drug-likeness (QED) is 0.267. The molecule has 5 heteroatoms. The maximum atomic E-state index is 10.9. The second-order valence-corrected chi connectivity index (χ2v) is 4.76. The van der Waals surface area contributed by atoms with E-state index in [1.165, 1.54) is 0 Å². The molecule has 0 aromatic heterocycles. The number of hydrogen-bond acceptors (Lipinski definition) is 4. The Morgan fingerprint density at radius 1 is 1.35 bits per heavy atom. The minimum Gasteiger partial charge on any atom is -0.308 e. The first-order chi connectivity index (χ1) is 8.01. The Bertz CT molecular complexity index is 209. The predicted octanol–water partition coefficient (Wildman–Crippen LogP) is 0.419. The van der Waals surface area contributed by atoms with Gasteiger partial charge >= 0.3 is 0 Å². The van der Waals surface area contributed by atoms with Gasteiger partial charge in [0.2, 0.25) is 5.91 Å². The largest absolute Gasteiger partial charge is 0.308 e. The Morgan fingerprint density at radius 2 is 2.00 bits per heavy atom. The van der Waals surface area contributed by atoms with E-state index in [9.17, 15) is 4.79 Å². The van der Waals surface area contributed by atoms with Gasteiger partial charge < -0.3 is 4.90 Å². The lowest BCUT2D eigenvalue weighted by Gasteiger charge is -2.29. The van der Waals surface area contributed by atoms with Crippen LogP contribution >= 0.6 is 0 Å². The molecule has 0 aromatic carbocycles. The highest BCUT2D eigenvalue weighted by Gasteiger charge is 2.12. The Morgan fingerprint density at radius 3 is 2.47 bits per heavy atom. The number of carbonyl (C=O) groups is 1. The average molecular weight is 244 g/mol. The fraction of sp³-hybridized carbons (Fsp3) is 0.917. The molecule has 0 aromatic rings. The molecule has 0 fully saturated rings. The third kappa shape index (κ3) is 8.12. The topological polar surface area (TPSA) is 61.6 Å². The zero-order chi connectivity index (χ0) is 13.3. The van der Waals surface area contributed by atoms with E-state index in [-0.39, 0.29) is 5.91 Å². The average Bonchev–Trinajstić information content (AvgIpc) is 2.27. The highest BCUT2D eigenvalue weighted by Crippen LogP contribution is 2.04. The number of likely N-dealkylation sites (N-methyl/N-ethyl adjacent to an activating group) is 2. The molecule has 3 N–H and O–H groups in total. The zero-order valence-corrected chi connectivity index (χ0v) is 11.7. The van der Waals surface area contributed by atoms with Crippen molar-refractivity contribution in [2.45, 2.75) is 39.2 Å². The summed E-state index contributed by atoms with van der Waals surface area (Å²) in [6.07, 6.45) is 2.46. The number of rotatable bonds is 9. The van der Waals surface area contributed by atoms with E-state index < -0.39 is 0 Å². The number of nitrogens with zero attached hydrogens (tertiary/aromatic N) is 2. The summed E-state index contributed by atoms with van der Waals surface area (Å²) < 4.78 is 0. The van der Waals surface area contributed by atoms with Crippen LogP contribution in [-0.4, -0.2) is 55.5 Å². The minimum atomic E-state index is -0.0746. The van der Waals surface area contributed by atoms with Gasteiger partial charge in [0.1, 0.15) is 0 Å². The summed E-state index contributed by atoms with van der Waals surface area (Å²) in [5.41, 5.74) is 2.16. The lowest BCUT2D eigenvalue weighted by Crippen LogP contribution is -2.40. The molecule has 0 aliphatic heterocycles. The van der Waals surface area contributed by atoms with Crippen LogP contribution in [0.4, 0.5) is 0 Å². The highest BCUT2D eigenvalue weighted by atomic mass is 16.2. The van der Waals surface area contributed by atoms with Crippen molar-refractivity contribution in [2.75, 3.05) is 33.7 Å². The van der Waals surface area contributed by atoms with E-state index in [2.05, 4.69) is 43.2 Å². The van der Waals surface area contributed by atoms with Crippen LogP contribution in [0.1, 0.15) is 33.1 Å². The molecule has 0 radical (unpaired) electrons. The molecule has 0 aliphatic rings. The molecule has 0 rings (SSSR count). The number of nitrogens with one attached hydrogen (secondary N) is 1. The van der Waals surface area contributed by atoms with Gasteiger partial charge in [0, 0.05) is 19.0 Å². The van der Waals surface area contributed by atoms with Crippen molar-refractivity contribution in [3.63, 3.8) is 0 Å². The molecular weight excluding hydrogens is 216 g/mol. The summed E-state index contributed by atoms with van der Waals surface area (Å²) in [5, 5.41) is 0. The van der Waals surface area contributed by atoms with Gasteiger partial charge in [0.05, 0.1) is 0 Å². The van der Waals surface area contributed by atoms with E-state index in [1.807, 2.05) is 0 Å². The SMILES string of the molecule is CCN(CCCCC(=O)NN)C(C)CN(C)C. The molecule has 0 saturated carbocycles. The Hall–Kier alpha value is -0.650. The van der Waals surface area contributed by atoms with Gasteiger partial charge in [0.15, 0.2) is 0 Å². The molecule has 0 heterocycles. The first-order valence-electron chi connectivity index (χ1n) is 6.39. The number of hydrazine groups is 1. The van der Waals surface area contributed by atoms with Crippen molar-refractivity contribution in [3.05, 3.63) is 0 Å². The highest BCUT2D eigenvalue weighted by molar-refractivity contribution is 5.75. The predicted molar refractivity (Wildman–Crippen MR) is 71.4 cm³/mol. The summed E-state index contributed by atoms with van der Waals surface area (Å²) in [5.74, 6) is 4.95. The van der Waals surface area contributed by atoms with Crippen LogP contribution in [-0.2, 0) is 4.79 Å². The van der Waals surface area contributed by atoms with Crippen molar-refractivity contribution in [1.82, 2.24) is 15.2 Å². The van der Waals surface area contributed by atoms with E-state index >= 15 is 0 Å². The van der Waals surface area contributed by atoms with Crippen LogP contribution < -0.4 is 11.3 Å². The number of carbonyl (C=O) groups excluding carboxylic acids is 1. The number of nitrogens with two attached hydrogens (primary N) is 1. The maximum Gasteiger partial charge on any atom is 0.233 e. The minimum absolute atomic E-state index is 0.0746. The molecule has 102 valence electrons. The molecule has 1 amide bonds. The molecule has 0 spiro atoms. The summed E-state index contributed by atoms with van der Waals surface area (Å²) in [6, 6.07) is 0.554. The number of unbranched alkanes of at least 4 members (excludes halogenated alkanes) is 1.